The van der Waals surface area contributed by atoms with E-state index in [0.717, 1.165) is 33.6 Å². The van der Waals surface area contributed by atoms with Gasteiger partial charge in [-0.1, -0.05) is 145 Å². The van der Waals surface area contributed by atoms with E-state index in [1.54, 1.807) is 28.8 Å². The second-order valence-corrected chi connectivity index (χ2v) is 12.7. The molecule has 0 atom stereocenters. The molecule has 0 bridgehead atoms. The van der Waals surface area contributed by atoms with Gasteiger partial charge in [-0.15, -0.1) is 11.3 Å². The zero-order valence-corrected chi connectivity index (χ0v) is 26.9. The van der Waals surface area contributed by atoms with Crippen LogP contribution in [0.5, 0.6) is 0 Å². The van der Waals surface area contributed by atoms with Crippen molar-refractivity contribution in [1.29, 1.82) is 0 Å². The van der Waals surface area contributed by atoms with Gasteiger partial charge >= 0.3 is 0 Å². The average molecular weight is 667 g/mol. The third-order valence-electron chi connectivity index (χ3n) is 8.77. The third kappa shape index (κ3) is 4.63. The number of para-hydroxylation sites is 2. The first-order valence-electron chi connectivity index (χ1n) is 20.9. The molecule has 0 saturated carbocycles. The smallest absolute Gasteiger partial charge is 0.166 e. The Morgan fingerprint density at radius 2 is 1.02 bits per heavy atom. The number of aromatic nitrogens is 4. The van der Waals surface area contributed by atoms with Gasteiger partial charge in [-0.05, 0) is 35.3 Å². The molecule has 0 saturated heterocycles. The predicted molar refractivity (Wildman–Crippen MR) is 209 cm³/mol. The zero-order chi connectivity index (χ0) is 41.7. The van der Waals surface area contributed by atoms with Crippen LogP contribution >= 0.6 is 11.3 Å². The van der Waals surface area contributed by atoms with Gasteiger partial charge in [0.1, 0.15) is 0 Å². The molecule has 7 aromatic carbocycles. The number of fused-ring (bicyclic) bond motifs is 7. The first-order chi connectivity index (χ1) is 29.0. The van der Waals surface area contributed by atoms with Gasteiger partial charge in [0.05, 0.1) is 35.1 Å². The number of hydrogen-bond acceptors (Lipinski definition) is 4. The second-order valence-electron chi connectivity index (χ2n) is 11.7. The summed E-state index contributed by atoms with van der Waals surface area (Å²) in [6, 6.07) is 30.5. The lowest BCUT2D eigenvalue weighted by molar-refractivity contribution is 1.06. The topological polar surface area (TPSA) is 43.6 Å². The van der Waals surface area contributed by atoms with Gasteiger partial charge in [0.15, 0.2) is 17.5 Å². The summed E-state index contributed by atoms with van der Waals surface area (Å²) in [4.78, 5) is 14.9. The number of nitrogens with zero attached hydrogens (tertiary/aromatic N) is 4. The molecule has 3 aromatic heterocycles. The van der Waals surface area contributed by atoms with Crippen LogP contribution in [0.25, 0.3) is 93.0 Å². The van der Waals surface area contributed by atoms with Gasteiger partial charge in [-0.25, -0.2) is 15.0 Å². The first-order valence-corrected chi connectivity index (χ1v) is 16.7. The van der Waals surface area contributed by atoms with E-state index in [-0.39, 0.29) is 73.3 Å². The molecule has 10 rings (SSSR count). The number of hydrogen-bond donors (Lipinski definition) is 0. The van der Waals surface area contributed by atoms with E-state index in [1.807, 2.05) is 84.9 Å². The molecule has 10 aromatic rings. The van der Waals surface area contributed by atoms with Crippen molar-refractivity contribution in [2.45, 2.75) is 0 Å². The van der Waals surface area contributed by atoms with Gasteiger partial charge in [-0.3, -0.25) is 0 Å². The Hall–Kier alpha value is -6.43. The van der Waals surface area contributed by atoms with E-state index in [1.165, 1.54) is 0 Å². The Morgan fingerprint density at radius 1 is 0.460 bits per heavy atom. The van der Waals surface area contributed by atoms with E-state index in [9.17, 15) is 4.11 Å². The zero-order valence-electron chi connectivity index (χ0n) is 36.1. The summed E-state index contributed by atoms with van der Waals surface area (Å²) >= 11 is 1.03. The van der Waals surface area contributed by atoms with Crippen LogP contribution in [0.15, 0.2) is 170 Å². The molecule has 50 heavy (non-hydrogen) atoms. The first kappa shape index (κ1) is 20.2. The highest BCUT2D eigenvalue weighted by molar-refractivity contribution is 7.26. The fourth-order valence-electron chi connectivity index (χ4n) is 6.45. The van der Waals surface area contributed by atoms with Crippen LogP contribution in [0.1, 0.15) is 13.7 Å². The minimum absolute atomic E-state index is 0.0306. The van der Waals surface area contributed by atoms with Crippen LogP contribution in [0.4, 0.5) is 0 Å². The lowest BCUT2D eigenvalue weighted by atomic mass is 10.0. The minimum atomic E-state index is -0.505. The van der Waals surface area contributed by atoms with E-state index in [2.05, 4.69) is 0 Å². The quantitative estimate of drug-likeness (QED) is 0.184. The van der Waals surface area contributed by atoms with Gasteiger partial charge in [0, 0.05) is 42.9 Å². The molecular formula is C45H28N4S. The molecular weight excluding hydrogens is 629 g/mol. The number of thiophene rings is 1. The summed E-state index contributed by atoms with van der Waals surface area (Å²) in [5, 5.41) is 0.344. The van der Waals surface area contributed by atoms with Crippen molar-refractivity contribution in [3.63, 3.8) is 0 Å². The summed E-state index contributed by atoms with van der Waals surface area (Å²) < 4.78 is 91.2. The summed E-state index contributed by atoms with van der Waals surface area (Å²) in [6.07, 6.45) is 0. The highest BCUT2D eigenvalue weighted by Gasteiger charge is 2.21. The number of benzene rings is 7. The monoisotopic (exact) mass is 666 g/mol. The Balaban J connectivity index is 1.32. The molecule has 5 heteroatoms. The van der Waals surface area contributed by atoms with Crippen LogP contribution in [0.3, 0.4) is 0 Å². The van der Waals surface area contributed by atoms with Crippen molar-refractivity contribution in [2.75, 3.05) is 0 Å². The van der Waals surface area contributed by atoms with Crippen LogP contribution in [0.2, 0.25) is 0 Å². The van der Waals surface area contributed by atoms with Crippen LogP contribution in [-0.4, -0.2) is 19.5 Å². The molecule has 0 N–H and O–H groups in total. The highest BCUT2D eigenvalue weighted by Crippen LogP contribution is 2.44. The van der Waals surface area contributed by atoms with Crippen molar-refractivity contribution >= 4 is 53.3 Å². The molecule has 0 spiro atoms. The van der Waals surface area contributed by atoms with E-state index >= 15 is 0 Å². The molecule has 0 aliphatic heterocycles. The maximum atomic E-state index is 9.41. The van der Waals surface area contributed by atoms with E-state index in [0.29, 0.717) is 27.6 Å². The summed E-state index contributed by atoms with van der Waals surface area (Å²) in [6.45, 7) is 0. The fourth-order valence-corrected chi connectivity index (χ4v) is 7.55. The third-order valence-corrected chi connectivity index (χ3v) is 9.88. The van der Waals surface area contributed by atoms with Gasteiger partial charge in [-0.2, -0.15) is 0 Å². The SMILES string of the molecule is [2H]c1c([2H])c([2H])c2c(sc3c2c([2H])c([2H])c2c4c([2H])c([2H])c([2H])c([2H])c4n(-c4ccccc4-c4nc(-c5ccccc5)nc(-c5ccc(-c6ccccc6)cc5)n4)c32)c1[2H]. The molecule has 234 valence electrons. The standard InChI is InChI=1S/C45H28N4S/c1-3-13-29(14-4-1)30-23-25-32(26-24-30)44-46-43(31-15-5-2-6-16-31)47-45(48-44)37-19-8-11-21-39(37)49-38-20-10-7-17-33(38)35-27-28-36-34-18-9-12-22-40(34)50-42(36)41(35)49/h1-28H/i7D,9D,10D,12D,17D,18D,20D,22D,27D,28D. The summed E-state index contributed by atoms with van der Waals surface area (Å²) in [7, 11) is 0. The van der Waals surface area contributed by atoms with Crippen LogP contribution in [0, 0.1) is 0 Å². The van der Waals surface area contributed by atoms with Crippen molar-refractivity contribution in [3.8, 4) is 51.0 Å². The largest absolute Gasteiger partial charge is 0.307 e. The van der Waals surface area contributed by atoms with Crippen molar-refractivity contribution < 1.29 is 13.7 Å². The van der Waals surface area contributed by atoms with Gasteiger partial charge in [0.25, 0.3) is 0 Å². The van der Waals surface area contributed by atoms with Gasteiger partial charge < -0.3 is 4.57 Å². The molecule has 0 aliphatic rings. The minimum Gasteiger partial charge on any atom is -0.307 e. The molecule has 0 radical (unpaired) electrons. The number of rotatable bonds is 5. The van der Waals surface area contributed by atoms with Crippen molar-refractivity contribution in [2.24, 2.45) is 0 Å². The maximum Gasteiger partial charge on any atom is 0.166 e. The Morgan fingerprint density at radius 3 is 1.80 bits per heavy atom. The fraction of sp³-hybridized carbons (Fsp3) is 0. The molecule has 3 heterocycles. The average Bonchev–Trinajstić information content (AvgIpc) is 3.87. The maximum absolute atomic E-state index is 9.41. The Kier molecular flexibility index (Phi) is 4.69. The van der Waals surface area contributed by atoms with Crippen LogP contribution < -0.4 is 0 Å². The summed E-state index contributed by atoms with van der Waals surface area (Å²) in [5.74, 6) is 1.04. The second kappa shape index (κ2) is 11.6. The normalized spacial score (nSPS) is 14.4. The van der Waals surface area contributed by atoms with Crippen LogP contribution in [-0.2, 0) is 0 Å². The molecule has 0 aliphatic carbocycles. The molecule has 0 unspecified atom stereocenters. The Bertz CT molecular complexity index is 3430. The van der Waals surface area contributed by atoms with E-state index in [4.69, 9.17) is 24.5 Å². The Labute approximate surface area is 306 Å². The van der Waals surface area contributed by atoms with E-state index < -0.39 is 30.2 Å². The molecule has 0 fully saturated rings. The lowest BCUT2D eigenvalue weighted by Crippen LogP contribution is -2.03. The van der Waals surface area contributed by atoms with Gasteiger partial charge in [0.2, 0.25) is 0 Å². The highest BCUT2D eigenvalue weighted by atomic mass is 32.1. The lowest BCUT2D eigenvalue weighted by Gasteiger charge is -2.15. The van der Waals surface area contributed by atoms with Crippen molar-refractivity contribution in [3.05, 3.63) is 170 Å². The predicted octanol–water partition coefficient (Wildman–Crippen LogP) is 12.0. The summed E-state index contributed by atoms with van der Waals surface area (Å²) in [5.41, 5.74) is 4.71. The molecule has 4 nitrogen and oxygen atoms in total. The molecule has 0 amide bonds. The van der Waals surface area contributed by atoms with Crippen molar-refractivity contribution in [1.82, 2.24) is 19.5 Å².